The van der Waals surface area contributed by atoms with Gasteiger partial charge in [0.15, 0.2) is 0 Å². The fourth-order valence-electron chi connectivity index (χ4n) is 4.91. The van der Waals surface area contributed by atoms with E-state index in [0.717, 1.165) is 61.2 Å². The van der Waals surface area contributed by atoms with Gasteiger partial charge < -0.3 is 14.9 Å². The lowest BCUT2D eigenvalue weighted by atomic mass is 9.87. The minimum absolute atomic E-state index is 0.0588. The molecule has 28 heavy (non-hydrogen) atoms. The van der Waals surface area contributed by atoms with Gasteiger partial charge in [-0.2, -0.15) is 0 Å². The monoisotopic (exact) mass is 402 g/mol. The van der Waals surface area contributed by atoms with Crippen molar-refractivity contribution in [2.24, 2.45) is 5.92 Å². The molecular formula is C21H30N4O2S. The first-order valence-corrected chi connectivity index (χ1v) is 11.3. The summed E-state index contributed by atoms with van der Waals surface area (Å²) in [4.78, 5) is 26.2. The van der Waals surface area contributed by atoms with Crippen molar-refractivity contribution >= 4 is 33.3 Å². The fourth-order valence-corrected chi connectivity index (χ4v) is 5.76. The normalized spacial score (nSPS) is 24.3. The van der Waals surface area contributed by atoms with Gasteiger partial charge in [-0.3, -0.25) is 4.79 Å². The topological polar surface area (TPSA) is 69.6 Å². The lowest BCUT2D eigenvalue weighted by Gasteiger charge is -2.39. The van der Waals surface area contributed by atoms with Gasteiger partial charge in [-0.05, 0) is 55.9 Å². The number of nitrogens with zero attached hydrogens (tertiary/aromatic N) is 4. The molecule has 2 aromatic heterocycles. The van der Waals surface area contributed by atoms with Crippen LogP contribution in [0.3, 0.4) is 0 Å². The van der Waals surface area contributed by atoms with E-state index in [2.05, 4.69) is 26.3 Å². The quantitative estimate of drug-likeness (QED) is 0.848. The molecule has 1 amide bonds. The van der Waals surface area contributed by atoms with E-state index in [9.17, 15) is 9.90 Å². The molecule has 0 unspecified atom stereocenters. The van der Waals surface area contributed by atoms with Crippen molar-refractivity contribution < 1.29 is 9.90 Å². The van der Waals surface area contributed by atoms with Gasteiger partial charge >= 0.3 is 0 Å². The number of hydrogen-bond acceptors (Lipinski definition) is 6. The highest BCUT2D eigenvalue weighted by Crippen LogP contribution is 2.43. The fraction of sp³-hybridized carbons (Fsp3) is 0.667. The summed E-state index contributed by atoms with van der Waals surface area (Å²) in [5, 5.41) is 12.4. The molecule has 2 aromatic rings. The number of carbonyl (C=O) groups is 1. The van der Waals surface area contributed by atoms with Crippen LogP contribution >= 0.6 is 11.3 Å². The average molecular weight is 403 g/mol. The molecule has 7 heteroatoms. The number of anilines is 1. The Hall–Kier alpha value is -1.73. The average Bonchev–Trinajstić information content (AvgIpc) is 3.24. The first kappa shape index (κ1) is 19.6. The second-order valence-corrected chi connectivity index (χ2v) is 9.55. The third kappa shape index (κ3) is 3.62. The smallest absolute Gasteiger partial charge is 0.251 e. The first-order chi connectivity index (χ1) is 13.5. The predicted octanol–water partition coefficient (Wildman–Crippen LogP) is 3.45. The van der Waals surface area contributed by atoms with Crippen LogP contribution in [0.25, 0.3) is 10.2 Å². The van der Waals surface area contributed by atoms with Gasteiger partial charge in [-0.1, -0.05) is 13.8 Å². The number of aliphatic hydroxyl groups is 1. The zero-order valence-electron chi connectivity index (χ0n) is 16.8. The number of fused-ring (bicyclic) bond motifs is 1. The Bertz CT molecular complexity index is 839. The van der Waals surface area contributed by atoms with Crippen molar-refractivity contribution in [2.75, 3.05) is 24.5 Å². The van der Waals surface area contributed by atoms with Crippen LogP contribution in [0.5, 0.6) is 0 Å². The van der Waals surface area contributed by atoms with Crippen LogP contribution in [0.4, 0.5) is 5.82 Å². The number of aromatic nitrogens is 2. The maximum absolute atomic E-state index is 12.7. The third-order valence-corrected chi connectivity index (χ3v) is 7.18. The SMILES string of the molecule is CC(C)C[C@@H](O)C(=O)N1CCC[C@]2(CCCN2c2ncnc3ccsc23)CC1. The van der Waals surface area contributed by atoms with Crippen LogP contribution in [0.2, 0.25) is 0 Å². The molecule has 1 N–H and O–H groups in total. The Kier molecular flexibility index (Phi) is 5.56. The van der Waals surface area contributed by atoms with Crippen molar-refractivity contribution in [3.63, 3.8) is 0 Å². The lowest BCUT2D eigenvalue weighted by molar-refractivity contribution is -0.140. The van der Waals surface area contributed by atoms with E-state index in [1.165, 1.54) is 0 Å². The van der Waals surface area contributed by atoms with Crippen LogP contribution in [-0.4, -0.2) is 57.2 Å². The molecular weight excluding hydrogens is 372 g/mol. The first-order valence-electron chi connectivity index (χ1n) is 10.4. The van der Waals surface area contributed by atoms with E-state index in [1.807, 2.05) is 18.7 Å². The van der Waals surface area contributed by atoms with Gasteiger partial charge in [-0.15, -0.1) is 11.3 Å². The molecule has 0 radical (unpaired) electrons. The largest absolute Gasteiger partial charge is 0.383 e. The second-order valence-electron chi connectivity index (χ2n) is 8.64. The van der Waals surface area contributed by atoms with Crippen molar-refractivity contribution in [3.05, 3.63) is 17.8 Å². The maximum atomic E-state index is 12.7. The number of amides is 1. The molecule has 0 aliphatic carbocycles. The molecule has 6 nitrogen and oxygen atoms in total. The Labute approximate surface area is 170 Å². The molecule has 1 spiro atoms. The van der Waals surface area contributed by atoms with E-state index in [4.69, 9.17) is 0 Å². The Morgan fingerprint density at radius 1 is 1.21 bits per heavy atom. The zero-order chi connectivity index (χ0) is 19.7. The van der Waals surface area contributed by atoms with Crippen LogP contribution < -0.4 is 4.90 Å². The van der Waals surface area contributed by atoms with E-state index >= 15 is 0 Å². The summed E-state index contributed by atoms with van der Waals surface area (Å²) in [6, 6.07) is 2.05. The van der Waals surface area contributed by atoms with E-state index in [0.29, 0.717) is 18.9 Å². The maximum Gasteiger partial charge on any atom is 0.251 e. The summed E-state index contributed by atoms with van der Waals surface area (Å²) in [5.41, 5.74) is 1.07. The van der Waals surface area contributed by atoms with Crippen molar-refractivity contribution in [3.8, 4) is 0 Å². The summed E-state index contributed by atoms with van der Waals surface area (Å²) in [5.74, 6) is 1.27. The van der Waals surface area contributed by atoms with Crippen molar-refractivity contribution in [2.45, 2.75) is 64.0 Å². The van der Waals surface area contributed by atoms with Gasteiger partial charge in [0.05, 0.1) is 10.2 Å². The predicted molar refractivity (Wildman–Crippen MR) is 113 cm³/mol. The summed E-state index contributed by atoms with van der Waals surface area (Å²) < 4.78 is 1.16. The van der Waals surface area contributed by atoms with Crippen LogP contribution in [0.15, 0.2) is 17.8 Å². The van der Waals surface area contributed by atoms with Gasteiger partial charge in [-0.25, -0.2) is 9.97 Å². The highest BCUT2D eigenvalue weighted by atomic mass is 32.1. The highest BCUT2D eigenvalue weighted by molar-refractivity contribution is 7.17. The molecule has 0 bridgehead atoms. The standard InChI is InChI=1S/C21H30N4O2S/c1-15(2)13-17(26)20(27)24-9-3-6-21(8-11-24)7-4-10-25(21)19-18-16(5-12-28-18)22-14-23-19/h5,12,14-15,17,26H,3-4,6-11,13H2,1-2H3/t17-,21+/m1/s1. The molecule has 4 rings (SSSR count). The Balaban J connectivity index is 1.53. The van der Waals surface area contributed by atoms with Gasteiger partial charge in [0, 0.05) is 25.2 Å². The third-order valence-electron chi connectivity index (χ3n) is 6.29. The molecule has 2 atom stereocenters. The van der Waals surface area contributed by atoms with E-state index in [-0.39, 0.29) is 11.4 Å². The molecule has 0 aromatic carbocycles. The van der Waals surface area contributed by atoms with Crippen LogP contribution in [0.1, 0.15) is 52.4 Å². The Morgan fingerprint density at radius 2 is 2.00 bits per heavy atom. The number of thiophene rings is 1. The van der Waals surface area contributed by atoms with Crippen molar-refractivity contribution in [1.29, 1.82) is 0 Å². The number of hydrogen-bond donors (Lipinski definition) is 1. The van der Waals surface area contributed by atoms with Gasteiger partial charge in [0.25, 0.3) is 5.91 Å². The van der Waals surface area contributed by atoms with Crippen molar-refractivity contribution in [1.82, 2.24) is 14.9 Å². The Morgan fingerprint density at radius 3 is 2.79 bits per heavy atom. The molecule has 2 aliphatic rings. The number of rotatable bonds is 4. The second kappa shape index (κ2) is 7.95. The van der Waals surface area contributed by atoms with Gasteiger partial charge in [0.1, 0.15) is 18.2 Å². The summed E-state index contributed by atoms with van der Waals surface area (Å²) in [6.45, 7) is 6.54. The molecule has 2 fully saturated rings. The number of likely N-dealkylation sites (tertiary alicyclic amines) is 1. The number of aliphatic hydroxyl groups excluding tert-OH is 1. The molecule has 2 aliphatic heterocycles. The zero-order valence-corrected chi connectivity index (χ0v) is 17.6. The number of carbonyl (C=O) groups excluding carboxylic acids is 1. The van der Waals surface area contributed by atoms with Crippen LogP contribution in [0, 0.1) is 5.92 Å². The highest BCUT2D eigenvalue weighted by Gasteiger charge is 2.43. The summed E-state index contributed by atoms with van der Waals surface area (Å²) in [6.07, 6.45) is 6.59. The van der Waals surface area contributed by atoms with Gasteiger partial charge in [0.2, 0.25) is 0 Å². The molecule has 4 heterocycles. The van der Waals surface area contributed by atoms with E-state index in [1.54, 1.807) is 17.7 Å². The summed E-state index contributed by atoms with van der Waals surface area (Å²) in [7, 11) is 0. The molecule has 2 saturated heterocycles. The lowest BCUT2D eigenvalue weighted by Crippen LogP contribution is -2.46. The summed E-state index contributed by atoms with van der Waals surface area (Å²) >= 11 is 1.70. The molecule has 152 valence electrons. The minimum Gasteiger partial charge on any atom is -0.383 e. The van der Waals surface area contributed by atoms with E-state index < -0.39 is 6.10 Å². The minimum atomic E-state index is -0.874. The van der Waals surface area contributed by atoms with Crippen LogP contribution in [-0.2, 0) is 4.79 Å². The molecule has 0 saturated carbocycles.